The van der Waals surface area contributed by atoms with Crippen LogP contribution in [0.2, 0.25) is 0 Å². The summed E-state index contributed by atoms with van der Waals surface area (Å²) in [6.45, 7) is 1.94. The Morgan fingerprint density at radius 3 is 2.89 bits per heavy atom. The van der Waals surface area contributed by atoms with Gasteiger partial charge in [0.2, 0.25) is 0 Å². The first-order valence-electron chi connectivity index (χ1n) is 6.02. The van der Waals surface area contributed by atoms with Crippen molar-refractivity contribution in [3.63, 3.8) is 0 Å². The number of aliphatic carboxylic acids is 1. The zero-order chi connectivity index (χ0) is 13.8. The number of aryl methyl sites for hydroxylation is 2. The first-order chi connectivity index (χ1) is 9.10. The van der Waals surface area contributed by atoms with Crippen molar-refractivity contribution in [1.82, 2.24) is 9.78 Å². The van der Waals surface area contributed by atoms with Crippen molar-refractivity contribution < 1.29 is 14.6 Å². The zero-order valence-corrected chi connectivity index (χ0v) is 11.0. The molecule has 0 atom stereocenters. The molecule has 0 radical (unpaired) electrons. The highest BCUT2D eigenvalue weighted by atomic mass is 16.5. The Kier molecular flexibility index (Phi) is 3.85. The molecule has 1 aromatic heterocycles. The Labute approximate surface area is 111 Å². The van der Waals surface area contributed by atoms with Crippen LogP contribution in [0.5, 0.6) is 5.75 Å². The summed E-state index contributed by atoms with van der Waals surface area (Å²) >= 11 is 0. The van der Waals surface area contributed by atoms with Crippen LogP contribution in [-0.4, -0.2) is 28.0 Å². The average Bonchev–Trinajstić information content (AvgIpc) is 2.78. The van der Waals surface area contributed by atoms with Crippen molar-refractivity contribution in [1.29, 1.82) is 0 Å². The number of ether oxygens (including phenoxy) is 1. The van der Waals surface area contributed by atoms with Gasteiger partial charge in [0.05, 0.1) is 24.9 Å². The van der Waals surface area contributed by atoms with Crippen LogP contribution in [0.4, 0.5) is 0 Å². The van der Waals surface area contributed by atoms with E-state index in [1.165, 1.54) is 0 Å². The van der Waals surface area contributed by atoms with E-state index in [-0.39, 0.29) is 6.42 Å². The second-order valence-electron chi connectivity index (χ2n) is 4.28. The molecule has 0 bridgehead atoms. The molecule has 1 heterocycles. The number of carboxylic acid groups (broad SMARTS) is 1. The van der Waals surface area contributed by atoms with E-state index < -0.39 is 5.97 Å². The summed E-state index contributed by atoms with van der Waals surface area (Å²) in [6.07, 6.45) is 0.529. The monoisotopic (exact) mass is 260 g/mol. The van der Waals surface area contributed by atoms with E-state index >= 15 is 0 Å². The highest BCUT2D eigenvalue weighted by Gasteiger charge is 2.08. The maximum atomic E-state index is 10.6. The van der Waals surface area contributed by atoms with Gasteiger partial charge in [-0.3, -0.25) is 4.79 Å². The SMILES string of the molecule is COc1cccc(-n2nc(CCC(=O)O)cc2C)c1. The second kappa shape index (κ2) is 5.56. The van der Waals surface area contributed by atoms with Gasteiger partial charge in [-0.15, -0.1) is 0 Å². The van der Waals surface area contributed by atoms with Crippen molar-refractivity contribution in [2.45, 2.75) is 19.8 Å². The maximum absolute atomic E-state index is 10.6. The molecule has 0 amide bonds. The number of benzene rings is 1. The third kappa shape index (κ3) is 3.13. The van der Waals surface area contributed by atoms with Gasteiger partial charge in [0.1, 0.15) is 5.75 Å². The normalized spacial score (nSPS) is 10.4. The molecule has 2 rings (SSSR count). The molecule has 1 N–H and O–H groups in total. The topological polar surface area (TPSA) is 64.4 Å². The minimum absolute atomic E-state index is 0.0918. The molecule has 2 aromatic rings. The predicted molar refractivity (Wildman–Crippen MR) is 70.8 cm³/mol. The summed E-state index contributed by atoms with van der Waals surface area (Å²) in [5, 5.41) is 13.1. The number of rotatable bonds is 5. The van der Waals surface area contributed by atoms with Gasteiger partial charge < -0.3 is 9.84 Å². The minimum atomic E-state index is -0.811. The molecule has 1 aromatic carbocycles. The predicted octanol–water partition coefficient (Wildman–Crippen LogP) is 2.21. The van der Waals surface area contributed by atoms with Gasteiger partial charge in [-0.05, 0) is 25.1 Å². The van der Waals surface area contributed by atoms with Gasteiger partial charge in [-0.2, -0.15) is 5.10 Å². The molecule has 0 aliphatic carbocycles. The third-order valence-corrected chi connectivity index (χ3v) is 2.83. The van der Waals surface area contributed by atoms with E-state index in [1.54, 1.807) is 11.8 Å². The Morgan fingerprint density at radius 2 is 2.21 bits per heavy atom. The number of hydrogen-bond donors (Lipinski definition) is 1. The van der Waals surface area contributed by atoms with Crippen molar-refractivity contribution in [3.05, 3.63) is 41.7 Å². The lowest BCUT2D eigenvalue weighted by Crippen LogP contribution is -2.01. The molecule has 0 aliphatic rings. The molecule has 0 saturated carbocycles. The van der Waals surface area contributed by atoms with Crippen LogP contribution in [0.25, 0.3) is 5.69 Å². The largest absolute Gasteiger partial charge is 0.497 e. The van der Waals surface area contributed by atoms with Crippen LogP contribution >= 0.6 is 0 Å². The van der Waals surface area contributed by atoms with Crippen molar-refractivity contribution >= 4 is 5.97 Å². The fourth-order valence-corrected chi connectivity index (χ4v) is 1.90. The maximum Gasteiger partial charge on any atom is 0.303 e. The molecule has 0 spiro atoms. The fourth-order valence-electron chi connectivity index (χ4n) is 1.90. The van der Waals surface area contributed by atoms with Gasteiger partial charge >= 0.3 is 5.97 Å². The Morgan fingerprint density at radius 1 is 1.42 bits per heavy atom. The molecule has 0 aliphatic heterocycles. The van der Waals surface area contributed by atoms with E-state index in [0.717, 1.165) is 22.8 Å². The summed E-state index contributed by atoms with van der Waals surface area (Å²) in [5.41, 5.74) is 2.65. The van der Waals surface area contributed by atoms with E-state index in [4.69, 9.17) is 9.84 Å². The van der Waals surface area contributed by atoms with Crippen LogP contribution in [0.3, 0.4) is 0 Å². The standard InChI is InChI=1S/C14H16N2O3/c1-10-8-11(6-7-14(17)18)15-16(10)12-4-3-5-13(9-12)19-2/h3-5,8-9H,6-7H2,1-2H3,(H,17,18). The summed E-state index contributed by atoms with van der Waals surface area (Å²) in [4.78, 5) is 10.6. The van der Waals surface area contributed by atoms with Gasteiger partial charge in [0.25, 0.3) is 0 Å². The van der Waals surface area contributed by atoms with E-state index in [2.05, 4.69) is 5.10 Å². The van der Waals surface area contributed by atoms with Crippen LogP contribution < -0.4 is 4.74 Å². The molecule has 0 fully saturated rings. The summed E-state index contributed by atoms with van der Waals surface area (Å²) in [5.74, 6) is -0.0481. The quantitative estimate of drug-likeness (QED) is 0.895. The minimum Gasteiger partial charge on any atom is -0.497 e. The lowest BCUT2D eigenvalue weighted by atomic mass is 10.2. The summed E-state index contributed by atoms with van der Waals surface area (Å²) in [7, 11) is 1.62. The fraction of sp³-hybridized carbons (Fsp3) is 0.286. The number of aromatic nitrogens is 2. The molecular weight excluding hydrogens is 244 g/mol. The second-order valence-corrected chi connectivity index (χ2v) is 4.28. The smallest absolute Gasteiger partial charge is 0.303 e. The van der Waals surface area contributed by atoms with E-state index in [0.29, 0.717) is 6.42 Å². The molecule has 19 heavy (non-hydrogen) atoms. The lowest BCUT2D eigenvalue weighted by Gasteiger charge is -2.06. The molecular formula is C14H16N2O3. The Balaban J connectivity index is 2.26. The van der Waals surface area contributed by atoms with Crippen molar-refractivity contribution in [3.8, 4) is 11.4 Å². The van der Waals surface area contributed by atoms with Gasteiger partial charge in [-0.25, -0.2) is 4.68 Å². The molecule has 0 saturated heterocycles. The highest BCUT2D eigenvalue weighted by Crippen LogP contribution is 2.18. The highest BCUT2D eigenvalue weighted by molar-refractivity contribution is 5.66. The number of carbonyl (C=O) groups is 1. The lowest BCUT2D eigenvalue weighted by molar-refractivity contribution is -0.136. The van der Waals surface area contributed by atoms with Crippen molar-refractivity contribution in [2.24, 2.45) is 0 Å². The zero-order valence-electron chi connectivity index (χ0n) is 11.0. The molecule has 5 nitrogen and oxygen atoms in total. The van der Waals surface area contributed by atoms with Crippen LogP contribution in [0, 0.1) is 6.92 Å². The Bertz CT molecular complexity index is 590. The van der Waals surface area contributed by atoms with Gasteiger partial charge in [0, 0.05) is 18.2 Å². The first-order valence-corrected chi connectivity index (χ1v) is 6.02. The van der Waals surface area contributed by atoms with Crippen LogP contribution in [0.1, 0.15) is 17.8 Å². The van der Waals surface area contributed by atoms with Crippen LogP contribution in [-0.2, 0) is 11.2 Å². The molecule has 0 unspecified atom stereocenters. The number of hydrogen-bond acceptors (Lipinski definition) is 3. The summed E-state index contributed by atoms with van der Waals surface area (Å²) < 4.78 is 6.97. The van der Waals surface area contributed by atoms with Crippen LogP contribution in [0.15, 0.2) is 30.3 Å². The number of methoxy groups -OCH3 is 1. The first kappa shape index (κ1) is 13.1. The number of nitrogens with zero attached hydrogens (tertiary/aromatic N) is 2. The van der Waals surface area contributed by atoms with Crippen molar-refractivity contribution in [2.75, 3.05) is 7.11 Å². The Hall–Kier alpha value is -2.30. The third-order valence-electron chi connectivity index (χ3n) is 2.83. The average molecular weight is 260 g/mol. The van der Waals surface area contributed by atoms with Gasteiger partial charge in [-0.1, -0.05) is 6.07 Å². The summed E-state index contributed by atoms with van der Waals surface area (Å²) in [6, 6.07) is 9.49. The molecule has 100 valence electrons. The van der Waals surface area contributed by atoms with E-state index in [9.17, 15) is 4.79 Å². The number of carboxylic acids is 1. The van der Waals surface area contributed by atoms with Gasteiger partial charge in [0.15, 0.2) is 0 Å². The molecule has 5 heteroatoms. The van der Waals surface area contributed by atoms with E-state index in [1.807, 2.05) is 37.3 Å².